The Morgan fingerprint density at radius 2 is 1.64 bits per heavy atom. The minimum Gasteiger partial charge on any atom is -0.490 e. The van der Waals surface area contributed by atoms with Crippen LogP contribution >= 0.6 is 0 Å². The molecule has 20 nitrogen and oxygen atoms in total. The maximum atomic E-state index is 13.5. The summed E-state index contributed by atoms with van der Waals surface area (Å²) in [6.07, 6.45) is 2.79. The number of rotatable bonds is 18. The number of nitrogens with one attached hydrogen (secondary N) is 3. The second-order valence-electron chi connectivity index (χ2n) is 15.2. The van der Waals surface area contributed by atoms with Crippen LogP contribution in [0.15, 0.2) is 101 Å². The molecule has 0 aromatic heterocycles. The molecule has 20 heteroatoms. The number of amides is 5. The second-order valence-corrected chi connectivity index (χ2v) is 15.2. The Hall–Kier alpha value is -7.29. The first kappa shape index (κ1) is 44.8. The number of imide groups is 2. The number of nitrogens with two attached hydrogens (primary N) is 3. The number of carbonyl (C=O) groups is 5. The summed E-state index contributed by atoms with van der Waals surface area (Å²) in [7, 11) is 1.68. The van der Waals surface area contributed by atoms with Crippen LogP contribution in [-0.4, -0.2) is 133 Å². The number of hydrogen-bond acceptors (Lipinski definition) is 16. The Morgan fingerprint density at radius 1 is 0.922 bits per heavy atom. The predicted molar refractivity (Wildman–Crippen MR) is 232 cm³/mol. The highest BCUT2D eigenvalue weighted by Gasteiger charge is 2.46. The van der Waals surface area contributed by atoms with Crippen LogP contribution < -0.4 is 37.4 Å². The summed E-state index contributed by atoms with van der Waals surface area (Å²) < 4.78 is 22.9. The van der Waals surface area contributed by atoms with E-state index in [-0.39, 0.29) is 93.4 Å². The molecule has 0 bridgehead atoms. The lowest BCUT2D eigenvalue weighted by Gasteiger charge is -2.36. The molecular weight excluding hydrogens is 827 g/mol. The topological polar surface area (TPSA) is 274 Å². The Bertz CT molecular complexity index is 2370. The van der Waals surface area contributed by atoms with Gasteiger partial charge in [0.25, 0.3) is 17.7 Å². The zero-order valence-electron chi connectivity index (χ0n) is 35.3. The molecule has 2 fully saturated rings. The molecular formula is C44H51N11O9. The van der Waals surface area contributed by atoms with Gasteiger partial charge < -0.3 is 45.6 Å². The summed E-state index contributed by atoms with van der Waals surface area (Å²) in [5, 5.41) is 22.0. The summed E-state index contributed by atoms with van der Waals surface area (Å²) >= 11 is 0. The van der Waals surface area contributed by atoms with E-state index >= 15 is 0 Å². The number of fused-ring (bicyclic) bond motifs is 1. The van der Waals surface area contributed by atoms with Crippen molar-refractivity contribution in [1.29, 1.82) is 5.41 Å². The van der Waals surface area contributed by atoms with Gasteiger partial charge in [-0.3, -0.25) is 39.6 Å². The summed E-state index contributed by atoms with van der Waals surface area (Å²) in [5.41, 5.74) is 14.5. The molecule has 2 unspecified atom stereocenters. The van der Waals surface area contributed by atoms with Gasteiger partial charge in [-0.05, 0) is 67.8 Å². The Kier molecular flexibility index (Phi) is 14.2. The summed E-state index contributed by atoms with van der Waals surface area (Å²) in [4.78, 5) is 66.3. The monoisotopic (exact) mass is 877 g/mol. The maximum Gasteiger partial charge on any atom is 0.271 e. The van der Waals surface area contributed by atoms with E-state index in [2.05, 4.69) is 10.6 Å². The van der Waals surface area contributed by atoms with E-state index in [1.807, 2.05) is 54.6 Å². The largest absolute Gasteiger partial charge is 0.490 e. The number of nitrogens with zero attached hydrogens (tertiary/aromatic N) is 5. The van der Waals surface area contributed by atoms with Gasteiger partial charge in [-0.25, -0.2) is 10.9 Å². The first-order chi connectivity index (χ1) is 30.9. The van der Waals surface area contributed by atoms with Gasteiger partial charge in [0, 0.05) is 38.3 Å². The molecule has 2 saturated heterocycles. The van der Waals surface area contributed by atoms with Gasteiger partial charge in [-0.15, -0.1) is 0 Å². The molecule has 0 spiro atoms. The number of hydrogen-bond donors (Lipinski definition) is 6. The van der Waals surface area contributed by atoms with Crippen molar-refractivity contribution in [3.05, 3.63) is 113 Å². The quantitative estimate of drug-likeness (QED) is 0.0346. The first-order valence-corrected chi connectivity index (χ1v) is 20.8. The summed E-state index contributed by atoms with van der Waals surface area (Å²) in [6.45, 7) is 1.87. The number of carbonyl (C=O) groups excluding carboxylic acids is 5. The van der Waals surface area contributed by atoms with Crippen molar-refractivity contribution in [2.24, 2.45) is 22.4 Å². The fraction of sp³-hybridized carbons (Fsp3) is 0.341. The number of para-hydroxylation sites is 1. The molecule has 2 atom stereocenters. The van der Waals surface area contributed by atoms with E-state index in [0.717, 1.165) is 10.5 Å². The highest BCUT2D eigenvalue weighted by molar-refractivity contribution is 6.32. The lowest BCUT2D eigenvalue weighted by molar-refractivity contribution is -0.136. The van der Waals surface area contributed by atoms with E-state index in [9.17, 15) is 24.0 Å². The lowest BCUT2D eigenvalue weighted by atomic mass is 10.0. The summed E-state index contributed by atoms with van der Waals surface area (Å²) in [5.74, 6) is 5.28. The number of likely N-dealkylation sites (tertiary alicyclic amines) is 1. The minimum atomic E-state index is -1.07. The Labute approximate surface area is 369 Å². The number of piperidine rings is 2. The third-order valence-corrected chi connectivity index (χ3v) is 10.9. The van der Waals surface area contributed by atoms with Crippen molar-refractivity contribution in [3.8, 4) is 17.2 Å². The van der Waals surface area contributed by atoms with Crippen LogP contribution in [0.2, 0.25) is 0 Å². The van der Waals surface area contributed by atoms with Crippen LogP contribution in [0, 0.1) is 5.41 Å². The molecule has 4 heterocycles. The van der Waals surface area contributed by atoms with Gasteiger partial charge in [0.1, 0.15) is 47.1 Å². The minimum absolute atomic E-state index is 0.0244. The molecule has 3 aromatic rings. The number of hydrazine groups is 1. The van der Waals surface area contributed by atoms with E-state index in [0.29, 0.717) is 48.0 Å². The number of ether oxygens (including phenoxy) is 4. The first-order valence-electron chi connectivity index (χ1n) is 20.8. The van der Waals surface area contributed by atoms with Gasteiger partial charge in [0.2, 0.25) is 11.8 Å². The highest BCUT2D eigenvalue weighted by atomic mass is 16.5. The van der Waals surface area contributed by atoms with E-state index in [4.69, 9.17) is 46.8 Å². The van der Waals surface area contributed by atoms with Crippen molar-refractivity contribution < 1.29 is 42.9 Å². The van der Waals surface area contributed by atoms with Gasteiger partial charge in [0.15, 0.2) is 5.84 Å². The SMILES string of the molecule is CN/C(N)=C1\C(=N)N(C2CCCN(C(=O)/C(N)=C/N(N)CCOCCOCCOc3cccc4c3C(=O)N(C3CCC(=O)NC3=O)C4=O)C2)N=C1c1ccc(Oc2ccccc2)cc1. The van der Waals surface area contributed by atoms with Crippen molar-refractivity contribution in [2.45, 2.75) is 37.8 Å². The average Bonchev–Trinajstić information content (AvgIpc) is 3.78. The molecule has 9 N–H and O–H groups in total. The maximum absolute atomic E-state index is 13.5. The van der Waals surface area contributed by atoms with E-state index < -0.39 is 35.6 Å². The van der Waals surface area contributed by atoms with Crippen molar-refractivity contribution in [1.82, 2.24) is 30.5 Å². The number of benzene rings is 3. The third kappa shape index (κ3) is 9.99. The fourth-order valence-electron chi connectivity index (χ4n) is 7.71. The van der Waals surface area contributed by atoms with E-state index in [1.165, 1.54) is 17.3 Å². The van der Waals surface area contributed by atoms with Crippen molar-refractivity contribution >= 4 is 41.1 Å². The highest BCUT2D eigenvalue weighted by Crippen LogP contribution is 2.34. The lowest BCUT2D eigenvalue weighted by Crippen LogP contribution is -2.54. The molecule has 5 amide bonds. The summed E-state index contributed by atoms with van der Waals surface area (Å²) in [6, 6.07) is 20.1. The predicted octanol–water partition coefficient (Wildman–Crippen LogP) is 1.35. The van der Waals surface area contributed by atoms with Gasteiger partial charge in [0.05, 0.1) is 55.7 Å². The van der Waals surface area contributed by atoms with Crippen LogP contribution in [0.5, 0.6) is 17.2 Å². The van der Waals surface area contributed by atoms with E-state index in [1.54, 1.807) is 29.1 Å². The van der Waals surface area contributed by atoms with Crippen LogP contribution in [0.1, 0.15) is 52.0 Å². The molecule has 0 saturated carbocycles. The second kappa shape index (κ2) is 20.3. The zero-order chi connectivity index (χ0) is 45.3. The van der Waals surface area contributed by atoms with Crippen LogP contribution in [0.4, 0.5) is 0 Å². The van der Waals surface area contributed by atoms with Crippen molar-refractivity contribution in [3.63, 3.8) is 0 Å². The van der Waals surface area contributed by atoms with Gasteiger partial charge in [-0.1, -0.05) is 24.3 Å². The molecule has 4 aliphatic rings. The fourth-order valence-corrected chi connectivity index (χ4v) is 7.71. The Morgan fingerprint density at radius 3 is 2.38 bits per heavy atom. The van der Waals surface area contributed by atoms with Gasteiger partial charge >= 0.3 is 0 Å². The van der Waals surface area contributed by atoms with Crippen molar-refractivity contribution in [2.75, 3.05) is 59.7 Å². The standard InChI is InChI=1S/C44H51N11O9/c1-49-39(46)37-38(27-12-14-30(15-13-27)64-29-8-3-2-4-9-29)51-55(40(37)47)28-7-6-18-52(25-28)43(59)32(45)26-53(48)19-20-61-21-22-62-23-24-63-34-11-5-10-31-36(34)44(60)54(42(31)58)33-16-17-35(56)50-41(33)57/h2-5,8-15,26,28,33,47,49H,6-7,16-25,45-46,48H2,1H3,(H,50,56,57)/b32-26-,39-37-,47-40?. The van der Waals surface area contributed by atoms with Crippen LogP contribution in [0.25, 0.3) is 0 Å². The van der Waals surface area contributed by atoms with Crippen LogP contribution in [-0.2, 0) is 23.9 Å². The third-order valence-electron chi connectivity index (χ3n) is 10.9. The molecule has 4 aliphatic heterocycles. The van der Waals surface area contributed by atoms with Gasteiger partial charge in [-0.2, -0.15) is 5.10 Å². The molecule has 64 heavy (non-hydrogen) atoms. The normalized spacial score (nSPS) is 19.7. The van der Waals surface area contributed by atoms with Crippen LogP contribution in [0.3, 0.4) is 0 Å². The molecule has 3 aromatic carbocycles. The Balaban J connectivity index is 0.834. The smallest absolute Gasteiger partial charge is 0.271 e. The molecule has 0 radical (unpaired) electrons. The number of hydrazone groups is 1. The zero-order valence-corrected chi connectivity index (χ0v) is 35.3. The molecule has 336 valence electrons. The molecule has 0 aliphatic carbocycles. The molecule has 7 rings (SSSR count). The number of amidine groups is 1. The average molecular weight is 878 g/mol.